The number of hydrogen-bond acceptors (Lipinski definition) is 3. The first-order chi connectivity index (χ1) is 10.7. The van der Waals surface area contributed by atoms with Crippen LogP contribution in [0.25, 0.3) is 11.0 Å². The van der Waals surface area contributed by atoms with Crippen molar-refractivity contribution in [3.05, 3.63) is 56.2 Å². The zero-order chi connectivity index (χ0) is 16.9. The third-order valence-electron chi connectivity index (χ3n) is 3.64. The fourth-order valence-corrected chi connectivity index (χ4v) is 4.76. The van der Waals surface area contributed by atoms with E-state index in [1.807, 2.05) is 19.9 Å². The summed E-state index contributed by atoms with van der Waals surface area (Å²) in [7, 11) is -3.90. The second-order valence-corrected chi connectivity index (χ2v) is 8.62. The Bertz CT molecular complexity index is 1050. The maximum atomic E-state index is 13.0. The van der Waals surface area contributed by atoms with E-state index in [2.05, 4.69) is 20.9 Å². The Kier molecular flexibility index (Phi) is 4.21. The quantitative estimate of drug-likeness (QED) is 0.536. The molecule has 23 heavy (non-hydrogen) atoms. The number of aryl methyl sites for hydroxylation is 2. The van der Waals surface area contributed by atoms with Crippen LogP contribution in [0, 0.1) is 13.8 Å². The zero-order valence-electron chi connectivity index (χ0n) is 12.1. The molecule has 0 spiro atoms. The SMILES string of the molecule is Cc1cc2ncn(S(=O)(=O)c3cc(Cl)c(Br)cc3Cl)c2cc1C. The highest BCUT2D eigenvalue weighted by Crippen LogP contribution is 2.34. The summed E-state index contributed by atoms with van der Waals surface area (Å²) in [6.07, 6.45) is 1.28. The molecule has 0 aliphatic carbocycles. The minimum atomic E-state index is -3.90. The fourth-order valence-electron chi connectivity index (χ4n) is 2.24. The normalized spacial score (nSPS) is 12.0. The molecule has 8 heteroatoms. The van der Waals surface area contributed by atoms with Crippen LogP contribution < -0.4 is 0 Å². The van der Waals surface area contributed by atoms with Gasteiger partial charge in [0, 0.05) is 4.47 Å². The number of halogens is 3. The molecule has 3 rings (SSSR count). The first-order valence-electron chi connectivity index (χ1n) is 6.56. The standard InChI is InChI=1S/C15H11BrCl2N2O2S/c1-8-3-13-14(4-9(8)2)20(7-19-13)23(21,22)15-6-11(17)10(16)5-12(15)18/h3-7H,1-2H3. The van der Waals surface area contributed by atoms with Gasteiger partial charge in [-0.3, -0.25) is 0 Å². The van der Waals surface area contributed by atoms with Crippen LogP contribution in [0.15, 0.2) is 40.0 Å². The molecule has 3 aromatic rings. The fraction of sp³-hybridized carbons (Fsp3) is 0.133. The van der Waals surface area contributed by atoms with Gasteiger partial charge in [0.05, 0.1) is 21.1 Å². The van der Waals surface area contributed by atoms with Crippen molar-refractivity contribution in [2.75, 3.05) is 0 Å². The van der Waals surface area contributed by atoms with Gasteiger partial charge in [-0.15, -0.1) is 0 Å². The summed E-state index contributed by atoms with van der Waals surface area (Å²) in [6, 6.07) is 6.44. The minimum Gasteiger partial charge on any atom is -0.236 e. The van der Waals surface area contributed by atoms with Crippen molar-refractivity contribution < 1.29 is 8.42 Å². The first kappa shape index (κ1) is 16.8. The molecule has 0 N–H and O–H groups in total. The molecule has 0 saturated carbocycles. The Morgan fingerprint density at radius 1 is 1.04 bits per heavy atom. The molecule has 4 nitrogen and oxygen atoms in total. The van der Waals surface area contributed by atoms with Crippen LogP contribution in [0.2, 0.25) is 10.0 Å². The van der Waals surface area contributed by atoms with Gasteiger partial charge in [-0.2, -0.15) is 0 Å². The number of hydrogen-bond donors (Lipinski definition) is 0. The molecule has 0 atom stereocenters. The second-order valence-electron chi connectivity index (χ2n) is 5.17. The molecule has 0 radical (unpaired) electrons. The van der Waals surface area contributed by atoms with Gasteiger partial charge in [0.2, 0.25) is 0 Å². The average Bonchev–Trinajstić information content (AvgIpc) is 2.86. The predicted octanol–water partition coefficient (Wildman–Crippen LogP) is 4.96. The lowest BCUT2D eigenvalue weighted by Crippen LogP contribution is -2.12. The van der Waals surface area contributed by atoms with E-state index in [4.69, 9.17) is 23.2 Å². The maximum absolute atomic E-state index is 13.0. The number of rotatable bonds is 2. The van der Waals surface area contributed by atoms with Gasteiger partial charge >= 0.3 is 0 Å². The van der Waals surface area contributed by atoms with Crippen LogP contribution in [-0.4, -0.2) is 17.4 Å². The smallest absolute Gasteiger partial charge is 0.236 e. The molecule has 2 aromatic carbocycles. The van der Waals surface area contributed by atoms with Crippen molar-refractivity contribution in [3.8, 4) is 0 Å². The highest BCUT2D eigenvalue weighted by molar-refractivity contribution is 9.10. The van der Waals surface area contributed by atoms with Gasteiger partial charge in [-0.05, 0) is 65.2 Å². The summed E-state index contributed by atoms with van der Waals surface area (Å²) in [5.41, 5.74) is 3.14. The predicted molar refractivity (Wildman–Crippen MR) is 96.0 cm³/mol. The number of nitrogens with zero attached hydrogens (tertiary/aromatic N) is 2. The van der Waals surface area contributed by atoms with E-state index in [0.29, 0.717) is 15.5 Å². The monoisotopic (exact) mass is 432 g/mol. The molecular weight excluding hydrogens is 423 g/mol. The van der Waals surface area contributed by atoms with Gasteiger partial charge in [0.1, 0.15) is 11.2 Å². The first-order valence-corrected chi connectivity index (χ1v) is 9.55. The topological polar surface area (TPSA) is 52.0 Å². The Morgan fingerprint density at radius 3 is 2.39 bits per heavy atom. The molecule has 0 fully saturated rings. The molecule has 1 aromatic heterocycles. The van der Waals surface area contributed by atoms with Gasteiger partial charge in [-0.25, -0.2) is 17.4 Å². The maximum Gasteiger partial charge on any atom is 0.271 e. The van der Waals surface area contributed by atoms with Crippen LogP contribution in [0.3, 0.4) is 0 Å². The molecule has 1 heterocycles. The van der Waals surface area contributed by atoms with Gasteiger partial charge in [-0.1, -0.05) is 23.2 Å². The summed E-state index contributed by atoms with van der Waals surface area (Å²) in [5.74, 6) is 0. The molecule has 0 aliphatic heterocycles. The molecule has 0 unspecified atom stereocenters. The van der Waals surface area contributed by atoms with Crippen LogP contribution in [-0.2, 0) is 10.0 Å². The van der Waals surface area contributed by atoms with Crippen LogP contribution in [0.5, 0.6) is 0 Å². The molecule has 120 valence electrons. The van der Waals surface area contributed by atoms with Crippen LogP contribution in [0.4, 0.5) is 0 Å². The lowest BCUT2D eigenvalue weighted by molar-refractivity contribution is 0.589. The van der Waals surface area contributed by atoms with Gasteiger partial charge < -0.3 is 0 Å². The third-order valence-corrected chi connectivity index (χ3v) is 6.97. The lowest BCUT2D eigenvalue weighted by atomic mass is 10.1. The summed E-state index contributed by atoms with van der Waals surface area (Å²) in [4.78, 5) is 4.12. The van der Waals surface area contributed by atoms with Crippen molar-refractivity contribution in [3.63, 3.8) is 0 Å². The molecule has 0 saturated heterocycles. The van der Waals surface area contributed by atoms with Crippen molar-refractivity contribution in [1.82, 2.24) is 8.96 Å². The molecule has 0 aliphatic rings. The molecule has 0 bridgehead atoms. The van der Waals surface area contributed by atoms with E-state index >= 15 is 0 Å². The second kappa shape index (κ2) is 5.77. The Balaban J connectivity index is 2.29. The number of imidazole rings is 1. The Labute approximate surface area is 152 Å². The summed E-state index contributed by atoms with van der Waals surface area (Å²) < 4.78 is 27.6. The minimum absolute atomic E-state index is 0.0649. The van der Waals surface area contributed by atoms with Crippen molar-refractivity contribution in [2.24, 2.45) is 0 Å². The van der Waals surface area contributed by atoms with Gasteiger partial charge in [0.25, 0.3) is 10.0 Å². The number of fused-ring (bicyclic) bond motifs is 1. The largest absolute Gasteiger partial charge is 0.271 e. The molecule has 0 amide bonds. The molecular formula is C15H11BrCl2N2O2S. The number of aromatic nitrogens is 2. The van der Waals surface area contributed by atoms with Crippen molar-refractivity contribution in [1.29, 1.82) is 0 Å². The van der Waals surface area contributed by atoms with E-state index in [1.165, 1.54) is 18.5 Å². The van der Waals surface area contributed by atoms with Crippen molar-refractivity contribution in [2.45, 2.75) is 18.7 Å². The van der Waals surface area contributed by atoms with E-state index in [1.54, 1.807) is 6.07 Å². The third kappa shape index (κ3) is 2.78. The van der Waals surface area contributed by atoms with E-state index in [-0.39, 0.29) is 14.9 Å². The van der Waals surface area contributed by atoms with E-state index < -0.39 is 10.0 Å². The summed E-state index contributed by atoms with van der Waals surface area (Å²) >= 11 is 15.4. The highest BCUT2D eigenvalue weighted by atomic mass is 79.9. The zero-order valence-corrected chi connectivity index (χ0v) is 16.1. The van der Waals surface area contributed by atoms with E-state index in [9.17, 15) is 8.42 Å². The van der Waals surface area contributed by atoms with Crippen LogP contribution >= 0.6 is 39.1 Å². The van der Waals surface area contributed by atoms with Crippen LogP contribution in [0.1, 0.15) is 11.1 Å². The summed E-state index contributed by atoms with van der Waals surface area (Å²) in [6.45, 7) is 3.87. The Hall–Kier alpha value is -1.08. The Morgan fingerprint density at radius 2 is 1.70 bits per heavy atom. The van der Waals surface area contributed by atoms with Gasteiger partial charge in [0.15, 0.2) is 0 Å². The number of benzene rings is 2. The average molecular weight is 434 g/mol. The highest BCUT2D eigenvalue weighted by Gasteiger charge is 2.24. The summed E-state index contributed by atoms with van der Waals surface area (Å²) in [5, 5.41) is 0.358. The van der Waals surface area contributed by atoms with Crippen molar-refractivity contribution >= 4 is 60.2 Å². The lowest BCUT2D eigenvalue weighted by Gasteiger charge is -2.10. The van der Waals surface area contributed by atoms with E-state index in [0.717, 1.165) is 15.1 Å².